The van der Waals surface area contributed by atoms with Gasteiger partial charge in [0, 0.05) is 57.5 Å². The highest BCUT2D eigenvalue weighted by Crippen LogP contribution is 2.46. The van der Waals surface area contributed by atoms with Crippen LogP contribution in [-0.4, -0.2) is 65.3 Å². The van der Waals surface area contributed by atoms with Gasteiger partial charge >= 0.3 is 0 Å². The average Bonchev–Trinajstić information content (AvgIpc) is 3.25. The fourth-order valence-electron chi connectivity index (χ4n) is 6.14. The van der Waals surface area contributed by atoms with Crippen molar-refractivity contribution in [2.45, 2.75) is 51.1 Å². The first kappa shape index (κ1) is 19.1. The Bertz CT molecular complexity index is 755. The van der Waals surface area contributed by atoms with Crippen LogP contribution in [0.1, 0.15) is 50.6 Å². The number of hydrogen-bond donors (Lipinski definition) is 0. The molecule has 0 bridgehead atoms. The SMILES string of the molecule is CC(=O)N1C[C@H]2CN(C3CCN(C(=O)C4CCC4)CC3)C[C@H]2[C@H]1c1ccccc1. The number of rotatable bonds is 3. The third kappa shape index (κ3) is 3.48. The molecule has 29 heavy (non-hydrogen) atoms. The maximum Gasteiger partial charge on any atom is 0.225 e. The molecule has 0 spiro atoms. The van der Waals surface area contributed by atoms with Crippen molar-refractivity contribution >= 4 is 11.8 Å². The maximum absolute atomic E-state index is 12.5. The summed E-state index contributed by atoms with van der Waals surface area (Å²) in [4.78, 5) is 31.7. The van der Waals surface area contributed by atoms with E-state index in [1.54, 1.807) is 6.92 Å². The predicted molar refractivity (Wildman–Crippen MR) is 112 cm³/mol. The summed E-state index contributed by atoms with van der Waals surface area (Å²) in [6.07, 6.45) is 5.63. The highest BCUT2D eigenvalue weighted by molar-refractivity contribution is 5.79. The topological polar surface area (TPSA) is 43.9 Å². The molecule has 5 heteroatoms. The number of fused-ring (bicyclic) bond motifs is 1. The highest BCUT2D eigenvalue weighted by atomic mass is 16.2. The second-order valence-electron chi connectivity index (χ2n) is 9.59. The molecule has 0 radical (unpaired) electrons. The van der Waals surface area contributed by atoms with E-state index in [9.17, 15) is 9.59 Å². The number of hydrogen-bond acceptors (Lipinski definition) is 3. The van der Waals surface area contributed by atoms with Crippen LogP contribution in [0.2, 0.25) is 0 Å². The Labute approximate surface area is 174 Å². The molecule has 1 aromatic carbocycles. The van der Waals surface area contributed by atoms with Crippen molar-refractivity contribution in [1.82, 2.24) is 14.7 Å². The standard InChI is InChI=1S/C24H33N3O2/c1-17(28)27-15-20-14-26(16-22(20)23(27)18-6-3-2-4-7-18)21-10-12-25(13-11-21)24(29)19-8-5-9-19/h2-4,6-7,19-23H,5,8-16H2,1H3/t20-,22-,23-/m1/s1. The molecule has 4 fully saturated rings. The van der Waals surface area contributed by atoms with Gasteiger partial charge in [0.1, 0.15) is 0 Å². The molecule has 5 nitrogen and oxygen atoms in total. The van der Waals surface area contributed by atoms with Crippen molar-refractivity contribution in [3.05, 3.63) is 35.9 Å². The van der Waals surface area contributed by atoms with Crippen LogP contribution >= 0.6 is 0 Å². The molecular formula is C24H33N3O2. The lowest BCUT2D eigenvalue weighted by Gasteiger charge is -2.40. The molecule has 3 saturated heterocycles. The van der Waals surface area contributed by atoms with E-state index in [-0.39, 0.29) is 11.9 Å². The molecule has 4 aliphatic rings. The summed E-state index contributed by atoms with van der Waals surface area (Å²) in [5.74, 6) is 2.02. The van der Waals surface area contributed by atoms with Gasteiger partial charge in [0.2, 0.25) is 11.8 Å². The summed E-state index contributed by atoms with van der Waals surface area (Å²) in [7, 11) is 0. The molecule has 0 unspecified atom stereocenters. The van der Waals surface area contributed by atoms with Crippen LogP contribution in [0.25, 0.3) is 0 Å². The van der Waals surface area contributed by atoms with Gasteiger partial charge in [-0.3, -0.25) is 14.5 Å². The zero-order valence-electron chi connectivity index (χ0n) is 17.5. The van der Waals surface area contributed by atoms with Crippen molar-refractivity contribution in [1.29, 1.82) is 0 Å². The van der Waals surface area contributed by atoms with E-state index in [1.807, 2.05) is 6.07 Å². The summed E-state index contributed by atoms with van der Waals surface area (Å²) < 4.78 is 0. The molecule has 3 heterocycles. The maximum atomic E-state index is 12.5. The number of carbonyl (C=O) groups is 2. The largest absolute Gasteiger partial charge is 0.342 e. The number of nitrogens with zero attached hydrogens (tertiary/aromatic N) is 3. The number of benzene rings is 1. The smallest absolute Gasteiger partial charge is 0.225 e. The van der Waals surface area contributed by atoms with Crippen molar-refractivity contribution in [3.8, 4) is 0 Å². The second-order valence-corrected chi connectivity index (χ2v) is 9.59. The molecule has 2 amide bonds. The zero-order chi connectivity index (χ0) is 20.0. The molecule has 3 aliphatic heterocycles. The van der Waals surface area contributed by atoms with Crippen LogP contribution in [0.5, 0.6) is 0 Å². The van der Waals surface area contributed by atoms with Crippen molar-refractivity contribution in [2.75, 3.05) is 32.7 Å². The highest BCUT2D eigenvalue weighted by Gasteiger charge is 2.49. The molecule has 1 aromatic rings. The van der Waals surface area contributed by atoms with Crippen LogP contribution in [0.3, 0.4) is 0 Å². The van der Waals surface area contributed by atoms with Crippen LogP contribution in [0.15, 0.2) is 30.3 Å². The third-order valence-electron chi connectivity index (χ3n) is 7.98. The Kier molecular flexibility index (Phi) is 5.10. The lowest BCUT2D eigenvalue weighted by atomic mass is 9.84. The molecule has 5 rings (SSSR count). The van der Waals surface area contributed by atoms with E-state index in [4.69, 9.17) is 0 Å². The van der Waals surface area contributed by atoms with Gasteiger partial charge in [0.05, 0.1) is 6.04 Å². The van der Waals surface area contributed by atoms with Gasteiger partial charge in [-0.25, -0.2) is 0 Å². The molecule has 0 N–H and O–H groups in total. The number of carbonyl (C=O) groups excluding carboxylic acids is 2. The summed E-state index contributed by atoms with van der Waals surface area (Å²) in [5, 5.41) is 0. The first-order valence-electron chi connectivity index (χ1n) is 11.5. The van der Waals surface area contributed by atoms with Crippen LogP contribution < -0.4 is 0 Å². The van der Waals surface area contributed by atoms with Gasteiger partial charge in [0.15, 0.2) is 0 Å². The van der Waals surface area contributed by atoms with E-state index in [0.717, 1.165) is 58.4 Å². The first-order valence-corrected chi connectivity index (χ1v) is 11.5. The summed E-state index contributed by atoms with van der Waals surface area (Å²) in [6.45, 7) is 6.62. The number of piperidine rings is 1. The van der Waals surface area contributed by atoms with E-state index < -0.39 is 0 Å². The quantitative estimate of drug-likeness (QED) is 0.790. The molecule has 156 valence electrons. The Morgan fingerprint density at radius 3 is 2.28 bits per heavy atom. The van der Waals surface area contributed by atoms with E-state index in [2.05, 4.69) is 39.0 Å². The Morgan fingerprint density at radius 1 is 0.931 bits per heavy atom. The molecule has 3 atom stereocenters. The second kappa shape index (κ2) is 7.75. The van der Waals surface area contributed by atoms with E-state index in [0.29, 0.717) is 29.7 Å². The minimum atomic E-state index is 0.197. The average molecular weight is 396 g/mol. The van der Waals surface area contributed by atoms with E-state index in [1.165, 1.54) is 12.0 Å². The summed E-state index contributed by atoms with van der Waals surface area (Å²) in [6, 6.07) is 11.4. The van der Waals surface area contributed by atoms with Crippen LogP contribution in [0.4, 0.5) is 0 Å². The predicted octanol–water partition coefficient (Wildman–Crippen LogP) is 2.93. The zero-order valence-corrected chi connectivity index (χ0v) is 17.5. The van der Waals surface area contributed by atoms with Gasteiger partial charge in [0.25, 0.3) is 0 Å². The number of likely N-dealkylation sites (tertiary alicyclic amines) is 3. The fourth-order valence-corrected chi connectivity index (χ4v) is 6.14. The monoisotopic (exact) mass is 395 g/mol. The lowest BCUT2D eigenvalue weighted by molar-refractivity contribution is -0.139. The minimum Gasteiger partial charge on any atom is -0.342 e. The molecule has 1 saturated carbocycles. The van der Waals surface area contributed by atoms with Crippen LogP contribution in [-0.2, 0) is 9.59 Å². The summed E-state index contributed by atoms with van der Waals surface area (Å²) >= 11 is 0. The minimum absolute atomic E-state index is 0.197. The third-order valence-corrected chi connectivity index (χ3v) is 7.98. The van der Waals surface area contributed by atoms with Crippen molar-refractivity contribution in [2.24, 2.45) is 17.8 Å². The van der Waals surface area contributed by atoms with E-state index >= 15 is 0 Å². The number of amides is 2. The fraction of sp³-hybridized carbons (Fsp3) is 0.667. The van der Waals surface area contributed by atoms with Gasteiger partial charge < -0.3 is 9.80 Å². The molecular weight excluding hydrogens is 362 g/mol. The molecule has 1 aliphatic carbocycles. The molecule has 0 aromatic heterocycles. The van der Waals surface area contributed by atoms with Crippen molar-refractivity contribution < 1.29 is 9.59 Å². The van der Waals surface area contributed by atoms with Crippen molar-refractivity contribution in [3.63, 3.8) is 0 Å². The van der Waals surface area contributed by atoms with Gasteiger partial charge in [-0.1, -0.05) is 36.8 Å². The van der Waals surface area contributed by atoms with Gasteiger partial charge in [-0.2, -0.15) is 0 Å². The van der Waals surface area contributed by atoms with Crippen LogP contribution in [0, 0.1) is 17.8 Å². The Hall–Kier alpha value is -1.88. The van der Waals surface area contributed by atoms with Gasteiger partial charge in [-0.15, -0.1) is 0 Å². The summed E-state index contributed by atoms with van der Waals surface area (Å²) in [5.41, 5.74) is 1.28. The normalized spacial score (nSPS) is 31.0. The Morgan fingerprint density at radius 2 is 1.66 bits per heavy atom. The first-order chi connectivity index (χ1) is 14.1. The Balaban J connectivity index is 1.23. The van der Waals surface area contributed by atoms with Gasteiger partial charge in [-0.05, 0) is 37.2 Å². The lowest BCUT2D eigenvalue weighted by Crippen LogP contribution is -2.49.